The second kappa shape index (κ2) is 9.47. The summed E-state index contributed by atoms with van der Waals surface area (Å²) in [6, 6.07) is 15.8. The lowest BCUT2D eigenvalue weighted by Crippen LogP contribution is -2.29. The molecule has 0 N–H and O–H groups in total. The van der Waals surface area contributed by atoms with Gasteiger partial charge in [0.2, 0.25) is 5.91 Å². The first-order valence-corrected chi connectivity index (χ1v) is 10.3. The third-order valence-electron chi connectivity index (χ3n) is 5.48. The van der Waals surface area contributed by atoms with Gasteiger partial charge in [0.1, 0.15) is 17.2 Å². The third-order valence-corrected chi connectivity index (χ3v) is 5.48. The lowest BCUT2D eigenvalue weighted by atomic mass is 10.0. The van der Waals surface area contributed by atoms with Crippen LogP contribution in [-0.2, 0) is 11.3 Å². The lowest BCUT2D eigenvalue weighted by molar-refractivity contribution is -0.126. The van der Waals surface area contributed by atoms with Gasteiger partial charge in [-0.15, -0.1) is 5.10 Å². The molecule has 1 aliphatic rings. The van der Waals surface area contributed by atoms with E-state index in [4.69, 9.17) is 9.47 Å². The van der Waals surface area contributed by atoms with Crippen LogP contribution in [0.15, 0.2) is 60.8 Å². The van der Waals surface area contributed by atoms with E-state index in [1.54, 1.807) is 31.1 Å². The third kappa shape index (κ3) is 4.77. The summed E-state index contributed by atoms with van der Waals surface area (Å²) in [5, 5.41) is 8.31. The van der Waals surface area contributed by atoms with Gasteiger partial charge in [0.25, 0.3) is 0 Å². The molecule has 0 spiro atoms. The molecular formula is C24H26N4O3. The molecule has 1 amide bonds. The summed E-state index contributed by atoms with van der Waals surface area (Å²) in [7, 11) is 3.26. The van der Waals surface area contributed by atoms with Gasteiger partial charge in [0.15, 0.2) is 0 Å². The number of methoxy groups -OCH3 is 2. The Morgan fingerprint density at radius 2 is 2.00 bits per heavy atom. The van der Waals surface area contributed by atoms with Crippen molar-refractivity contribution < 1.29 is 14.3 Å². The van der Waals surface area contributed by atoms with E-state index in [1.165, 1.54) is 0 Å². The largest absolute Gasteiger partial charge is 0.497 e. The summed E-state index contributed by atoms with van der Waals surface area (Å²) in [5.41, 5.74) is 2.80. The number of amides is 1. The topological polar surface area (TPSA) is 69.5 Å². The monoisotopic (exact) mass is 418 g/mol. The number of likely N-dealkylation sites (tertiary alicyclic amines) is 1. The molecule has 2 heterocycles. The molecule has 4 rings (SSSR count). The SMILES string of the molecule is COc1ccc(C2CCCN2C(=O)/C=C/c2cn(Cc3ccccc3)nn2)c(OC)c1. The van der Waals surface area contributed by atoms with Crippen LogP contribution in [0.5, 0.6) is 11.5 Å². The zero-order valence-corrected chi connectivity index (χ0v) is 17.8. The molecule has 7 heteroatoms. The van der Waals surface area contributed by atoms with Crippen molar-refractivity contribution in [3.63, 3.8) is 0 Å². The van der Waals surface area contributed by atoms with Gasteiger partial charge in [-0.2, -0.15) is 0 Å². The van der Waals surface area contributed by atoms with Crippen LogP contribution in [0.3, 0.4) is 0 Å². The number of hydrogen-bond acceptors (Lipinski definition) is 5. The predicted molar refractivity (Wildman–Crippen MR) is 118 cm³/mol. The molecule has 3 aromatic rings. The molecular weight excluding hydrogens is 392 g/mol. The zero-order valence-electron chi connectivity index (χ0n) is 17.8. The van der Waals surface area contributed by atoms with Gasteiger partial charge in [-0.3, -0.25) is 4.79 Å². The summed E-state index contributed by atoms with van der Waals surface area (Å²) in [6.45, 7) is 1.35. The molecule has 1 aromatic heterocycles. The zero-order chi connectivity index (χ0) is 21.6. The molecule has 31 heavy (non-hydrogen) atoms. The maximum Gasteiger partial charge on any atom is 0.247 e. The molecule has 1 aliphatic heterocycles. The Kier molecular flexibility index (Phi) is 6.31. The van der Waals surface area contributed by atoms with Crippen LogP contribution in [0.2, 0.25) is 0 Å². The number of carbonyl (C=O) groups excluding carboxylic acids is 1. The fourth-order valence-corrected chi connectivity index (χ4v) is 3.94. The molecule has 0 radical (unpaired) electrons. The van der Waals surface area contributed by atoms with Crippen molar-refractivity contribution >= 4 is 12.0 Å². The van der Waals surface area contributed by atoms with Crippen molar-refractivity contribution in [1.29, 1.82) is 0 Å². The second-order valence-electron chi connectivity index (χ2n) is 7.46. The van der Waals surface area contributed by atoms with Crippen LogP contribution in [0, 0.1) is 0 Å². The molecule has 1 saturated heterocycles. The van der Waals surface area contributed by atoms with Crippen molar-refractivity contribution in [3.05, 3.63) is 77.6 Å². The smallest absolute Gasteiger partial charge is 0.247 e. The Morgan fingerprint density at radius 3 is 2.77 bits per heavy atom. The van der Waals surface area contributed by atoms with Crippen molar-refractivity contribution in [2.45, 2.75) is 25.4 Å². The molecule has 1 atom stereocenters. The van der Waals surface area contributed by atoms with E-state index in [1.807, 2.05) is 59.6 Å². The van der Waals surface area contributed by atoms with Crippen LogP contribution in [0.25, 0.3) is 6.08 Å². The van der Waals surface area contributed by atoms with E-state index < -0.39 is 0 Å². The van der Waals surface area contributed by atoms with Gasteiger partial charge in [0, 0.05) is 24.3 Å². The molecule has 2 aromatic carbocycles. The Labute approximate surface area is 181 Å². The maximum absolute atomic E-state index is 12.9. The first-order chi connectivity index (χ1) is 15.2. The van der Waals surface area contributed by atoms with Crippen LogP contribution >= 0.6 is 0 Å². The summed E-state index contributed by atoms with van der Waals surface area (Å²) < 4.78 is 12.6. The molecule has 1 fully saturated rings. The molecule has 0 aliphatic carbocycles. The maximum atomic E-state index is 12.9. The molecule has 0 saturated carbocycles. The van der Waals surface area contributed by atoms with E-state index in [0.29, 0.717) is 18.8 Å². The second-order valence-corrected chi connectivity index (χ2v) is 7.46. The van der Waals surface area contributed by atoms with Crippen molar-refractivity contribution in [2.75, 3.05) is 20.8 Å². The van der Waals surface area contributed by atoms with Gasteiger partial charge in [-0.1, -0.05) is 35.5 Å². The first-order valence-electron chi connectivity index (χ1n) is 10.3. The van der Waals surface area contributed by atoms with E-state index in [9.17, 15) is 4.79 Å². The van der Waals surface area contributed by atoms with Gasteiger partial charge >= 0.3 is 0 Å². The molecule has 1 unspecified atom stereocenters. The van der Waals surface area contributed by atoms with Crippen LogP contribution in [-0.4, -0.2) is 46.6 Å². The highest BCUT2D eigenvalue weighted by Gasteiger charge is 2.31. The number of carbonyl (C=O) groups is 1. The average molecular weight is 418 g/mol. The van der Waals surface area contributed by atoms with Crippen LogP contribution in [0.1, 0.15) is 35.7 Å². The van der Waals surface area contributed by atoms with Crippen molar-refractivity contribution in [3.8, 4) is 11.5 Å². The molecule has 0 bridgehead atoms. The molecule has 7 nitrogen and oxygen atoms in total. The highest BCUT2D eigenvalue weighted by molar-refractivity contribution is 5.92. The van der Waals surface area contributed by atoms with Crippen LogP contribution in [0.4, 0.5) is 0 Å². The standard InChI is InChI=1S/C24H26N4O3/c1-30-20-11-12-21(23(15-20)31-2)22-9-6-14-28(22)24(29)13-10-19-17-27(26-25-19)16-18-7-4-3-5-8-18/h3-5,7-8,10-13,15,17,22H,6,9,14,16H2,1-2H3/b13-10+. The Bertz CT molecular complexity index is 1060. The van der Waals surface area contributed by atoms with E-state index in [-0.39, 0.29) is 11.9 Å². The number of benzene rings is 2. The number of aromatic nitrogens is 3. The van der Waals surface area contributed by atoms with Crippen molar-refractivity contribution in [1.82, 2.24) is 19.9 Å². The summed E-state index contributed by atoms with van der Waals surface area (Å²) >= 11 is 0. The summed E-state index contributed by atoms with van der Waals surface area (Å²) in [4.78, 5) is 14.8. The number of hydrogen-bond donors (Lipinski definition) is 0. The first kappa shape index (κ1) is 20.7. The van der Waals surface area contributed by atoms with Gasteiger partial charge in [-0.05, 0) is 36.6 Å². The summed E-state index contributed by atoms with van der Waals surface area (Å²) in [6.07, 6.45) is 6.98. The number of ether oxygens (including phenoxy) is 2. The fourth-order valence-electron chi connectivity index (χ4n) is 3.94. The number of rotatable bonds is 7. The van der Waals surface area contributed by atoms with Gasteiger partial charge < -0.3 is 14.4 Å². The predicted octanol–water partition coefficient (Wildman–Crippen LogP) is 3.72. The normalized spacial score (nSPS) is 16.1. The van der Waals surface area contributed by atoms with Gasteiger partial charge in [0.05, 0.1) is 33.0 Å². The minimum atomic E-state index is -0.0435. The fraction of sp³-hybridized carbons (Fsp3) is 0.292. The Hall–Kier alpha value is -3.61. The average Bonchev–Trinajstić information content (AvgIpc) is 3.47. The Balaban J connectivity index is 1.45. The van der Waals surface area contributed by atoms with E-state index in [0.717, 1.165) is 35.5 Å². The minimum Gasteiger partial charge on any atom is -0.497 e. The van der Waals surface area contributed by atoms with Crippen LogP contribution < -0.4 is 9.47 Å². The minimum absolute atomic E-state index is 0.0215. The molecule has 160 valence electrons. The number of nitrogens with zero attached hydrogens (tertiary/aromatic N) is 4. The van der Waals surface area contributed by atoms with Gasteiger partial charge in [-0.25, -0.2) is 4.68 Å². The quantitative estimate of drug-likeness (QED) is 0.547. The lowest BCUT2D eigenvalue weighted by Gasteiger charge is -2.25. The highest BCUT2D eigenvalue weighted by Crippen LogP contribution is 2.38. The van der Waals surface area contributed by atoms with E-state index >= 15 is 0 Å². The Morgan fingerprint density at radius 1 is 1.16 bits per heavy atom. The highest BCUT2D eigenvalue weighted by atomic mass is 16.5. The van der Waals surface area contributed by atoms with E-state index in [2.05, 4.69) is 10.3 Å². The van der Waals surface area contributed by atoms with Crippen molar-refractivity contribution in [2.24, 2.45) is 0 Å². The summed E-state index contributed by atoms with van der Waals surface area (Å²) in [5.74, 6) is 1.42.